The van der Waals surface area contributed by atoms with Crippen LogP contribution in [0.25, 0.3) is 0 Å². The van der Waals surface area contributed by atoms with E-state index in [-0.39, 0.29) is 31.1 Å². The first-order valence-electron chi connectivity index (χ1n) is 33.0. The van der Waals surface area contributed by atoms with Gasteiger partial charge in [-0.1, -0.05) is 327 Å². The van der Waals surface area contributed by atoms with E-state index in [9.17, 15) is 14.4 Å². The summed E-state index contributed by atoms with van der Waals surface area (Å²) in [5.74, 6) is -0.884. The fourth-order valence-corrected chi connectivity index (χ4v) is 9.99. The van der Waals surface area contributed by atoms with Crippen LogP contribution in [0.15, 0.2) is 36.5 Å². The summed E-state index contributed by atoms with van der Waals surface area (Å²) < 4.78 is 16.9. The number of allylic oxidation sites excluding steroid dienone is 6. The van der Waals surface area contributed by atoms with Crippen LogP contribution in [0.3, 0.4) is 0 Å². The van der Waals surface area contributed by atoms with Gasteiger partial charge in [0.2, 0.25) is 0 Å². The van der Waals surface area contributed by atoms with Gasteiger partial charge in [-0.25, -0.2) is 0 Å². The number of carbonyl (C=O) groups excluding carboxylic acids is 3. The predicted octanol–water partition coefficient (Wildman–Crippen LogP) is 22.4. The van der Waals surface area contributed by atoms with Crippen LogP contribution < -0.4 is 0 Å². The molecule has 1 atom stereocenters. The zero-order chi connectivity index (χ0) is 53.6. The molecule has 74 heavy (non-hydrogen) atoms. The first kappa shape index (κ1) is 71.6. The summed E-state index contributed by atoms with van der Waals surface area (Å²) in [4.78, 5) is 38.2. The molecule has 0 heterocycles. The minimum atomic E-state index is -0.780. The van der Waals surface area contributed by atoms with Crippen LogP contribution in [-0.2, 0) is 28.6 Å². The number of carbonyl (C=O) groups is 3. The lowest BCUT2D eigenvalue weighted by molar-refractivity contribution is -0.167. The van der Waals surface area contributed by atoms with Crippen LogP contribution in [0.4, 0.5) is 0 Å². The third-order valence-corrected chi connectivity index (χ3v) is 14.9. The molecule has 0 fully saturated rings. The molecule has 6 heteroatoms. The summed E-state index contributed by atoms with van der Waals surface area (Å²) in [6.45, 7) is 6.56. The molecule has 0 aromatic carbocycles. The zero-order valence-electron chi connectivity index (χ0n) is 49.9. The molecule has 0 saturated heterocycles. The molecule has 6 nitrogen and oxygen atoms in total. The van der Waals surface area contributed by atoms with Gasteiger partial charge in [-0.15, -0.1) is 0 Å². The van der Waals surface area contributed by atoms with E-state index >= 15 is 0 Å². The van der Waals surface area contributed by atoms with Gasteiger partial charge in [0.1, 0.15) is 13.2 Å². The van der Waals surface area contributed by atoms with E-state index < -0.39 is 6.10 Å². The fourth-order valence-electron chi connectivity index (χ4n) is 9.99. The van der Waals surface area contributed by atoms with Crippen molar-refractivity contribution in [1.82, 2.24) is 0 Å². The van der Waals surface area contributed by atoms with Crippen molar-refractivity contribution in [3.05, 3.63) is 36.5 Å². The molecule has 0 aliphatic heterocycles. The Labute approximate surface area is 461 Å². The fraction of sp³-hybridized carbons (Fsp3) is 0.868. The monoisotopic (exact) mass is 1040 g/mol. The van der Waals surface area contributed by atoms with Gasteiger partial charge in [0.15, 0.2) is 6.10 Å². The van der Waals surface area contributed by atoms with E-state index in [0.717, 1.165) is 83.5 Å². The first-order valence-corrected chi connectivity index (χ1v) is 33.0. The Bertz CT molecular complexity index is 1240. The second-order valence-electron chi connectivity index (χ2n) is 22.4. The van der Waals surface area contributed by atoms with E-state index in [1.807, 2.05) is 0 Å². The third-order valence-electron chi connectivity index (χ3n) is 14.9. The van der Waals surface area contributed by atoms with Crippen molar-refractivity contribution in [2.75, 3.05) is 13.2 Å². The molecule has 0 N–H and O–H groups in total. The zero-order valence-corrected chi connectivity index (χ0v) is 49.9. The van der Waals surface area contributed by atoms with Crippen LogP contribution in [0.2, 0.25) is 0 Å². The third kappa shape index (κ3) is 60.5. The lowest BCUT2D eigenvalue weighted by Crippen LogP contribution is -2.30. The van der Waals surface area contributed by atoms with E-state index in [1.54, 1.807) is 0 Å². The van der Waals surface area contributed by atoms with Crippen LogP contribution in [0, 0.1) is 0 Å². The van der Waals surface area contributed by atoms with Crippen LogP contribution in [0.1, 0.15) is 361 Å². The summed E-state index contributed by atoms with van der Waals surface area (Å²) in [6, 6.07) is 0. The molecule has 0 bridgehead atoms. The summed E-state index contributed by atoms with van der Waals surface area (Å²) in [7, 11) is 0. The van der Waals surface area contributed by atoms with Gasteiger partial charge in [0.05, 0.1) is 0 Å². The van der Waals surface area contributed by atoms with Crippen molar-refractivity contribution < 1.29 is 28.6 Å². The Hall–Kier alpha value is -2.37. The van der Waals surface area contributed by atoms with E-state index in [1.165, 1.54) is 238 Å². The molecule has 0 radical (unpaired) electrons. The molecule has 0 aromatic rings. The summed E-state index contributed by atoms with van der Waals surface area (Å²) in [6.07, 6.45) is 77.5. The second-order valence-corrected chi connectivity index (χ2v) is 22.4. The molecular formula is C68H126O6. The smallest absolute Gasteiger partial charge is 0.306 e. The SMILES string of the molecule is CC/C=C\C/C=C\C/C=C\CCCCCC(=O)OCC(COC(=O)CCCCCCCCCCCCCCCCCCCCCCCCCCCCCCC)OC(=O)CCCCCCCCCCCCCCCC. The number of hydrogen-bond donors (Lipinski definition) is 0. The van der Waals surface area contributed by atoms with Crippen molar-refractivity contribution in [1.29, 1.82) is 0 Å². The maximum absolute atomic E-state index is 12.9. The molecule has 1 unspecified atom stereocenters. The molecule has 0 aliphatic rings. The van der Waals surface area contributed by atoms with Gasteiger partial charge in [-0.2, -0.15) is 0 Å². The molecule has 0 rings (SSSR count). The normalized spacial score (nSPS) is 12.2. The largest absolute Gasteiger partial charge is 0.462 e. The number of ether oxygens (including phenoxy) is 3. The Morgan fingerprint density at radius 3 is 0.824 bits per heavy atom. The van der Waals surface area contributed by atoms with Gasteiger partial charge in [-0.3, -0.25) is 14.4 Å². The number of hydrogen-bond acceptors (Lipinski definition) is 6. The van der Waals surface area contributed by atoms with Gasteiger partial charge >= 0.3 is 17.9 Å². The van der Waals surface area contributed by atoms with Crippen molar-refractivity contribution in [3.63, 3.8) is 0 Å². The Morgan fingerprint density at radius 2 is 0.527 bits per heavy atom. The predicted molar refractivity (Wildman–Crippen MR) is 321 cm³/mol. The lowest BCUT2D eigenvalue weighted by Gasteiger charge is -2.18. The molecule has 0 amide bonds. The summed E-state index contributed by atoms with van der Waals surface area (Å²) in [5, 5.41) is 0. The molecule has 0 aliphatic carbocycles. The highest BCUT2D eigenvalue weighted by atomic mass is 16.6. The minimum Gasteiger partial charge on any atom is -0.462 e. The molecule has 0 spiro atoms. The van der Waals surface area contributed by atoms with Crippen molar-refractivity contribution in [2.45, 2.75) is 367 Å². The summed E-state index contributed by atoms with van der Waals surface area (Å²) >= 11 is 0. The highest BCUT2D eigenvalue weighted by Gasteiger charge is 2.19. The van der Waals surface area contributed by atoms with E-state index in [2.05, 4.69) is 57.2 Å². The van der Waals surface area contributed by atoms with E-state index in [0.29, 0.717) is 19.3 Å². The van der Waals surface area contributed by atoms with Crippen LogP contribution >= 0.6 is 0 Å². The molecular weight excluding hydrogens is 913 g/mol. The first-order chi connectivity index (χ1) is 36.5. The maximum Gasteiger partial charge on any atom is 0.306 e. The Kier molecular flexibility index (Phi) is 61.1. The number of unbranched alkanes of at least 4 members (excludes halogenated alkanes) is 44. The highest BCUT2D eigenvalue weighted by Crippen LogP contribution is 2.18. The average Bonchev–Trinajstić information content (AvgIpc) is 3.40. The Morgan fingerprint density at radius 1 is 0.284 bits per heavy atom. The lowest BCUT2D eigenvalue weighted by atomic mass is 10.0. The maximum atomic E-state index is 12.9. The van der Waals surface area contributed by atoms with Crippen LogP contribution in [0.5, 0.6) is 0 Å². The van der Waals surface area contributed by atoms with Crippen molar-refractivity contribution in [3.8, 4) is 0 Å². The molecule has 0 saturated carbocycles. The number of esters is 3. The van der Waals surface area contributed by atoms with E-state index in [4.69, 9.17) is 14.2 Å². The average molecular weight is 1040 g/mol. The Balaban J connectivity index is 4.13. The van der Waals surface area contributed by atoms with Gasteiger partial charge < -0.3 is 14.2 Å². The second kappa shape index (κ2) is 63.2. The highest BCUT2D eigenvalue weighted by molar-refractivity contribution is 5.71. The molecule has 0 aromatic heterocycles. The quantitative estimate of drug-likeness (QED) is 0.0261. The van der Waals surface area contributed by atoms with Gasteiger partial charge in [0, 0.05) is 19.3 Å². The number of rotatable bonds is 61. The van der Waals surface area contributed by atoms with Gasteiger partial charge in [0.25, 0.3) is 0 Å². The van der Waals surface area contributed by atoms with Crippen molar-refractivity contribution >= 4 is 17.9 Å². The van der Waals surface area contributed by atoms with Crippen molar-refractivity contribution in [2.24, 2.45) is 0 Å². The topological polar surface area (TPSA) is 78.9 Å². The standard InChI is InChI=1S/C68H126O6/c1-4-7-10-13-16-19-22-25-27-28-29-30-31-32-33-34-35-36-37-38-39-40-41-44-46-49-52-55-58-61-67(70)73-64-65(63-72-66(69)60-57-54-51-48-45-42-24-21-18-15-12-9-6-3)74-68(71)62-59-56-53-50-47-43-26-23-20-17-14-11-8-5-2/h9,12,18,21,42,45,65H,4-8,10-11,13-17,19-20,22-41,43-44,46-64H2,1-3H3/b12-9-,21-18-,45-42-. The van der Waals surface area contributed by atoms with Crippen LogP contribution in [-0.4, -0.2) is 37.2 Å². The summed E-state index contributed by atoms with van der Waals surface area (Å²) in [5.41, 5.74) is 0. The van der Waals surface area contributed by atoms with Gasteiger partial charge in [-0.05, 0) is 51.4 Å². The molecule has 434 valence electrons. The minimum absolute atomic E-state index is 0.0763.